The Hall–Kier alpha value is -1.13. The number of nitrogens with zero attached hydrogens (tertiary/aromatic N) is 3. The smallest absolute Gasteiger partial charge is 0.191 e. The first-order valence-corrected chi connectivity index (χ1v) is 11.4. The standard InChI is InChI=1S/C23H38FN5O.HI/c1-5-25-23(27-21-15-29(16(2)3)14-17(21)4)26-13-18-6-7-22(20(24)12-18)28-10-8-19(30)9-11-28;/h6-7,12,16-17,19,21,30H,5,8-11,13-15H2,1-4H3,(H2,25,26,27);1H. The third-order valence-electron chi connectivity index (χ3n) is 6.27. The SMILES string of the molecule is CCNC(=NCc1ccc(N2CCC(O)CC2)c(F)c1)NC1CN(C(C)C)CC1C.I. The molecule has 0 aromatic heterocycles. The van der Waals surface area contributed by atoms with Crippen LogP contribution in [-0.4, -0.2) is 66.9 Å². The van der Waals surface area contributed by atoms with Crippen molar-refractivity contribution in [3.63, 3.8) is 0 Å². The molecule has 0 amide bonds. The molecule has 0 saturated carbocycles. The molecule has 2 atom stereocenters. The van der Waals surface area contributed by atoms with Crippen molar-refractivity contribution in [1.82, 2.24) is 15.5 Å². The Bertz CT molecular complexity index is 724. The van der Waals surface area contributed by atoms with E-state index in [0.29, 0.717) is 56.2 Å². The topological polar surface area (TPSA) is 63.1 Å². The molecule has 1 aromatic carbocycles. The summed E-state index contributed by atoms with van der Waals surface area (Å²) in [6.45, 7) is 13.5. The van der Waals surface area contributed by atoms with E-state index >= 15 is 0 Å². The number of guanidine groups is 1. The van der Waals surface area contributed by atoms with E-state index in [0.717, 1.165) is 31.2 Å². The first kappa shape index (κ1) is 26.1. The monoisotopic (exact) mass is 547 g/mol. The number of nitrogens with one attached hydrogen (secondary N) is 2. The van der Waals surface area contributed by atoms with Crippen LogP contribution in [0.3, 0.4) is 0 Å². The summed E-state index contributed by atoms with van der Waals surface area (Å²) in [7, 11) is 0. The van der Waals surface area contributed by atoms with Crippen LogP contribution >= 0.6 is 24.0 Å². The van der Waals surface area contributed by atoms with Crippen LogP contribution in [0.5, 0.6) is 0 Å². The van der Waals surface area contributed by atoms with Gasteiger partial charge in [-0.1, -0.05) is 13.0 Å². The fourth-order valence-corrected chi connectivity index (χ4v) is 4.29. The molecule has 2 unspecified atom stereocenters. The number of aliphatic imine (C=N–C) groups is 1. The molecule has 2 fully saturated rings. The maximum Gasteiger partial charge on any atom is 0.191 e. The van der Waals surface area contributed by atoms with Crippen LogP contribution in [-0.2, 0) is 6.54 Å². The van der Waals surface area contributed by atoms with Gasteiger partial charge in [0, 0.05) is 44.8 Å². The normalized spacial score (nSPS) is 23.2. The average Bonchev–Trinajstić information content (AvgIpc) is 3.08. The van der Waals surface area contributed by atoms with Crippen molar-refractivity contribution in [1.29, 1.82) is 0 Å². The fourth-order valence-electron chi connectivity index (χ4n) is 4.29. The van der Waals surface area contributed by atoms with Crippen molar-refractivity contribution in [2.75, 3.05) is 37.6 Å². The third kappa shape index (κ3) is 7.18. The van der Waals surface area contributed by atoms with E-state index < -0.39 is 0 Å². The number of aliphatic hydroxyl groups is 1. The number of likely N-dealkylation sites (tertiary alicyclic amines) is 1. The van der Waals surface area contributed by atoms with Gasteiger partial charge < -0.3 is 20.6 Å². The molecule has 2 aliphatic heterocycles. The molecule has 31 heavy (non-hydrogen) atoms. The lowest BCUT2D eigenvalue weighted by atomic mass is 10.1. The molecule has 1 aromatic rings. The summed E-state index contributed by atoms with van der Waals surface area (Å²) in [5.41, 5.74) is 1.47. The second-order valence-corrected chi connectivity index (χ2v) is 8.97. The second kappa shape index (κ2) is 12.2. The number of piperidine rings is 1. The number of hydrogen-bond acceptors (Lipinski definition) is 4. The van der Waals surface area contributed by atoms with Crippen molar-refractivity contribution in [3.05, 3.63) is 29.6 Å². The van der Waals surface area contributed by atoms with Gasteiger partial charge in [-0.2, -0.15) is 0 Å². The van der Waals surface area contributed by atoms with Gasteiger partial charge in [0.1, 0.15) is 5.82 Å². The highest BCUT2D eigenvalue weighted by Crippen LogP contribution is 2.24. The highest BCUT2D eigenvalue weighted by molar-refractivity contribution is 14.0. The molecule has 2 saturated heterocycles. The number of hydrogen-bond donors (Lipinski definition) is 3. The number of aliphatic hydroxyl groups excluding tert-OH is 1. The first-order valence-electron chi connectivity index (χ1n) is 11.4. The summed E-state index contributed by atoms with van der Waals surface area (Å²) in [6, 6.07) is 6.29. The van der Waals surface area contributed by atoms with Gasteiger partial charge in [-0.25, -0.2) is 9.38 Å². The maximum absolute atomic E-state index is 14.7. The van der Waals surface area contributed by atoms with Crippen molar-refractivity contribution in [2.24, 2.45) is 10.9 Å². The summed E-state index contributed by atoms with van der Waals surface area (Å²) in [5.74, 6) is 1.12. The molecule has 0 radical (unpaired) electrons. The van der Waals surface area contributed by atoms with Gasteiger partial charge in [-0.3, -0.25) is 4.90 Å². The van der Waals surface area contributed by atoms with Gasteiger partial charge in [0.05, 0.1) is 18.3 Å². The molecule has 8 heteroatoms. The van der Waals surface area contributed by atoms with Crippen LogP contribution in [0.4, 0.5) is 10.1 Å². The molecular weight excluding hydrogens is 508 g/mol. The van der Waals surface area contributed by atoms with Crippen LogP contribution in [0.15, 0.2) is 23.2 Å². The minimum atomic E-state index is -0.259. The Balaban J connectivity index is 0.00000341. The number of halogens is 2. The van der Waals surface area contributed by atoms with E-state index in [9.17, 15) is 9.50 Å². The van der Waals surface area contributed by atoms with Crippen LogP contribution in [0.2, 0.25) is 0 Å². The van der Waals surface area contributed by atoms with E-state index in [2.05, 4.69) is 43.2 Å². The number of anilines is 1. The molecule has 0 aliphatic carbocycles. The predicted molar refractivity (Wildman–Crippen MR) is 137 cm³/mol. The van der Waals surface area contributed by atoms with Crippen LogP contribution in [0, 0.1) is 11.7 Å². The summed E-state index contributed by atoms with van der Waals surface area (Å²) < 4.78 is 14.7. The summed E-state index contributed by atoms with van der Waals surface area (Å²) in [6.07, 6.45) is 1.12. The van der Waals surface area contributed by atoms with E-state index in [1.807, 2.05) is 17.0 Å². The maximum atomic E-state index is 14.7. The quantitative estimate of drug-likeness (QED) is 0.290. The van der Waals surface area contributed by atoms with Gasteiger partial charge in [0.2, 0.25) is 0 Å². The molecule has 3 N–H and O–H groups in total. The molecule has 0 bridgehead atoms. The summed E-state index contributed by atoms with van der Waals surface area (Å²) in [4.78, 5) is 9.21. The van der Waals surface area contributed by atoms with Gasteiger partial charge >= 0.3 is 0 Å². The van der Waals surface area contributed by atoms with Crippen molar-refractivity contribution >= 4 is 35.6 Å². The lowest BCUT2D eigenvalue weighted by Gasteiger charge is -2.31. The van der Waals surface area contributed by atoms with Crippen molar-refractivity contribution in [2.45, 2.75) is 65.3 Å². The molecule has 2 heterocycles. The Morgan fingerprint density at radius 3 is 2.55 bits per heavy atom. The Labute approximate surface area is 203 Å². The molecule has 3 rings (SSSR count). The molecule has 0 spiro atoms. The lowest BCUT2D eigenvalue weighted by Crippen LogP contribution is -2.46. The van der Waals surface area contributed by atoms with Crippen molar-refractivity contribution in [3.8, 4) is 0 Å². The zero-order valence-corrected chi connectivity index (χ0v) is 21.6. The van der Waals surface area contributed by atoms with Crippen LogP contribution in [0.25, 0.3) is 0 Å². The van der Waals surface area contributed by atoms with Crippen molar-refractivity contribution < 1.29 is 9.50 Å². The molecule has 2 aliphatic rings. The van der Waals surface area contributed by atoms with Gasteiger partial charge in [0.25, 0.3) is 0 Å². The van der Waals surface area contributed by atoms with E-state index in [1.165, 1.54) is 0 Å². The molecule has 6 nitrogen and oxygen atoms in total. The Kier molecular flexibility index (Phi) is 10.3. The Morgan fingerprint density at radius 1 is 1.26 bits per heavy atom. The van der Waals surface area contributed by atoms with Crippen LogP contribution < -0.4 is 15.5 Å². The van der Waals surface area contributed by atoms with E-state index in [4.69, 9.17) is 4.99 Å². The average molecular weight is 548 g/mol. The highest BCUT2D eigenvalue weighted by atomic mass is 127. The highest BCUT2D eigenvalue weighted by Gasteiger charge is 2.31. The number of rotatable bonds is 6. The second-order valence-electron chi connectivity index (χ2n) is 8.97. The van der Waals surface area contributed by atoms with Crippen LogP contribution in [0.1, 0.15) is 46.1 Å². The van der Waals surface area contributed by atoms with Gasteiger partial charge in [-0.05, 0) is 57.2 Å². The van der Waals surface area contributed by atoms with E-state index in [-0.39, 0.29) is 35.9 Å². The predicted octanol–water partition coefficient (Wildman–Crippen LogP) is 3.19. The molecular formula is C23H39FIN5O. The summed E-state index contributed by atoms with van der Waals surface area (Å²) in [5, 5.41) is 16.6. The summed E-state index contributed by atoms with van der Waals surface area (Å²) >= 11 is 0. The fraction of sp³-hybridized carbons (Fsp3) is 0.696. The minimum absolute atomic E-state index is 0. The third-order valence-corrected chi connectivity index (χ3v) is 6.27. The largest absolute Gasteiger partial charge is 0.393 e. The zero-order chi connectivity index (χ0) is 21.7. The van der Waals surface area contributed by atoms with E-state index in [1.54, 1.807) is 6.07 Å². The van der Waals surface area contributed by atoms with Gasteiger partial charge in [-0.15, -0.1) is 24.0 Å². The zero-order valence-electron chi connectivity index (χ0n) is 19.3. The number of benzene rings is 1. The lowest BCUT2D eigenvalue weighted by molar-refractivity contribution is 0.145. The Morgan fingerprint density at radius 2 is 1.97 bits per heavy atom. The van der Waals surface area contributed by atoms with Gasteiger partial charge in [0.15, 0.2) is 5.96 Å². The first-order chi connectivity index (χ1) is 14.4. The minimum Gasteiger partial charge on any atom is -0.393 e. The molecule has 176 valence electrons.